The topological polar surface area (TPSA) is 38.3 Å². The van der Waals surface area contributed by atoms with Crippen molar-refractivity contribution < 1.29 is 9.53 Å². The maximum Gasteiger partial charge on any atom is 0.238 e. The summed E-state index contributed by atoms with van der Waals surface area (Å²) in [5.41, 5.74) is 0.777. The van der Waals surface area contributed by atoms with Crippen molar-refractivity contribution >= 4 is 27.5 Å². The van der Waals surface area contributed by atoms with Gasteiger partial charge in [0, 0.05) is 5.69 Å². The minimum absolute atomic E-state index is 0.0253. The number of rotatable bonds is 4. The second-order valence-corrected chi connectivity index (χ2v) is 4.20. The van der Waals surface area contributed by atoms with E-state index in [2.05, 4.69) is 21.2 Å². The Bertz CT molecular complexity index is 324. The molecule has 0 saturated heterocycles. The van der Waals surface area contributed by atoms with Crippen LogP contribution >= 0.6 is 15.9 Å². The minimum Gasteiger partial charge on any atom is -0.497 e. The zero-order chi connectivity index (χ0) is 11.3. The lowest BCUT2D eigenvalue weighted by molar-refractivity contribution is -0.115. The van der Waals surface area contributed by atoms with Gasteiger partial charge in [-0.25, -0.2) is 0 Å². The lowest BCUT2D eigenvalue weighted by Crippen LogP contribution is -2.21. The van der Waals surface area contributed by atoms with Gasteiger partial charge >= 0.3 is 0 Å². The molecular formula is C11H14BrNO2. The molecule has 0 spiro atoms. The van der Waals surface area contributed by atoms with Gasteiger partial charge in [-0.2, -0.15) is 0 Å². The number of carbonyl (C=O) groups is 1. The maximum atomic E-state index is 11.5. The molecule has 0 aliphatic heterocycles. The van der Waals surface area contributed by atoms with Crippen molar-refractivity contribution in [2.24, 2.45) is 0 Å². The zero-order valence-electron chi connectivity index (χ0n) is 8.79. The van der Waals surface area contributed by atoms with Crippen molar-refractivity contribution in [2.75, 3.05) is 12.4 Å². The zero-order valence-corrected chi connectivity index (χ0v) is 10.4. The first kappa shape index (κ1) is 12.0. The van der Waals surface area contributed by atoms with E-state index in [0.717, 1.165) is 17.9 Å². The molecule has 0 radical (unpaired) electrons. The van der Waals surface area contributed by atoms with E-state index < -0.39 is 0 Å². The van der Waals surface area contributed by atoms with Crippen LogP contribution in [0.3, 0.4) is 0 Å². The first-order valence-electron chi connectivity index (χ1n) is 4.76. The SMILES string of the molecule is CC[C@H](Br)C(=O)Nc1ccc(OC)cc1. The predicted molar refractivity (Wildman–Crippen MR) is 64.6 cm³/mol. The van der Waals surface area contributed by atoms with Crippen LogP contribution in [0.4, 0.5) is 5.69 Å². The number of hydrogen-bond acceptors (Lipinski definition) is 2. The molecule has 0 bridgehead atoms. The van der Waals surface area contributed by atoms with E-state index in [4.69, 9.17) is 4.74 Å². The van der Waals surface area contributed by atoms with Gasteiger partial charge < -0.3 is 10.1 Å². The Labute approximate surface area is 97.9 Å². The van der Waals surface area contributed by atoms with Crippen LogP contribution in [0, 0.1) is 0 Å². The monoisotopic (exact) mass is 271 g/mol. The van der Waals surface area contributed by atoms with E-state index in [1.165, 1.54) is 0 Å². The molecular weight excluding hydrogens is 258 g/mol. The number of ether oxygens (including phenoxy) is 1. The molecule has 0 aliphatic rings. The first-order chi connectivity index (χ1) is 7.17. The first-order valence-corrected chi connectivity index (χ1v) is 5.68. The van der Waals surface area contributed by atoms with Gasteiger partial charge in [-0.05, 0) is 30.7 Å². The van der Waals surface area contributed by atoms with Crippen LogP contribution < -0.4 is 10.1 Å². The van der Waals surface area contributed by atoms with Crippen molar-refractivity contribution in [3.05, 3.63) is 24.3 Å². The molecule has 0 saturated carbocycles. The fraction of sp³-hybridized carbons (Fsp3) is 0.364. The molecule has 3 nitrogen and oxygen atoms in total. The van der Waals surface area contributed by atoms with E-state index in [1.807, 2.05) is 31.2 Å². The van der Waals surface area contributed by atoms with Gasteiger partial charge in [-0.1, -0.05) is 22.9 Å². The van der Waals surface area contributed by atoms with Crippen LogP contribution in [0.5, 0.6) is 5.75 Å². The van der Waals surface area contributed by atoms with Crippen molar-refractivity contribution in [1.82, 2.24) is 0 Å². The average molecular weight is 272 g/mol. The van der Waals surface area contributed by atoms with Gasteiger partial charge in [0.25, 0.3) is 0 Å². The molecule has 1 aromatic carbocycles. The highest BCUT2D eigenvalue weighted by Gasteiger charge is 2.11. The van der Waals surface area contributed by atoms with Crippen molar-refractivity contribution in [3.63, 3.8) is 0 Å². The third-order valence-corrected chi connectivity index (χ3v) is 3.06. The third kappa shape index (κ3) is 3.55. The average Bonchev–Trinajstić information content (AvgIpc) is 2.29. The Kier molecular flexibility index (Phi) is 4.62. The molecule has 82 valence electrons. The molecule has 15 heavy (non-hydrogen) atoms. The molecule has 0 unspecified atom stereocenters. The summed E-state index contributed by atoms with van der Waals surface area (Å²) in [4.78, 5) is 11.4. The summed E-state index contributed by atoms with van der Waals surface area (Å²) in [6.45, 7) is 1.95. The highest BCUT2D eigenvalue weighted by molar-refractivity contribution is 9.10. The quantitative estimate of drug-likeness (QED) is 0.856. The number of benzene rings is 1. The van der Waals surface area contributed by atoms with E-state index in [9.17, 15) is 4.79 Å². The number of methoxy groups -OCH3 is 1. The highest BCUT2D eigenvalue weighted by atomic mass is 79.9. The van der Waals surface area contributed by atoms with E-state index >= 15 is 0 Å². The Balaban J connectivity index is 2.61. The predicted octanol–water partition coefficient (Wildman–Crippen LogP) is 2.81. The molecule has 1 N–H and O–H groups in total. The molecule has 0 aliphatic carbocycles. The van der Waals surface area contributed by atoms with E-state index in [0.29, 0.717) is 0 Å². The Morgan fingerprint density at radius 3 is 2.53 bits per heavy atom. The number of halogens is 1. The summed E-state index contributed by atoms with van der Waals surface area (Å²) in [5, 5.41) is 2.80. The summed E-state index contributed by atoms with van der Waals surface area (Å²) >= 11 is 3.29. The second kappa shape index (κ2) is 5.75. The molecule has 1 rings (SSSR count). The summed E-state index contributed by atoms with van der Waals surface area (Å²) < 4.78 is 5.02. The lowest BCUT2D eigenvalue weighted by Gasteiger charge is -2.09. The molecule has 0 heterocycles. The smallest absolute Gasteiger partial charge is 0.238 e. The summed E-state index contributed by atoms with van der Waals surface area (Å²) in [6.07, 6.45) is 0.766. The number of nitrogens with one attached hydrogen (secondary N) is 1. The molecule has 0 fully saturated rings. The lowest BCUT2D eigenvalue weighted by atomic mass is 10.2. The normalized spacial score (nSPS) is 11.9. The number of alkyl halides is 1. The summed E-state index contributed by atoms with van der Waals surface area (Å²) in [7, 11) is 1.61. The van der Waals surface area contributed by atoms with Crippen LogP contribution in [0.15, 0.2) is 24.3 Å². The van der Waals surface area contributed by atoms with Gasteiger partial charge in [0.1, 0.15) is 5.75 Å². The van der Waals surface area contributed by atoms with Crippen LogP contribution in [-0.4, -0.2) is 17.8 Å². The van der Waals surface area contributed by atoms with Crippen molar-refractivity contribution in [2.45, 2.75) is 18.2 Å². The third-order valence-electron chi connectivity index (χ3n) is 2.00. The molecule has 1 amide bonds. The Hall–Kier alpha value is -1.03. The van der Waals surface area contributed by atoms with E-state index in [-0.39, 0.29) is 10.7 Å². The molecule has 1 aromatic rings. The van der Waals surface area contributed by atoms with Crippen molar-refractivity contribution in [3.8, 4) is 5.75 Å². The van der Waals surface area contributed by atoms with Gasteiger partial charge in [0.2, 0.25) is 5.91 Å². The summed E-state index contributed by atoms with van der Waals surface area (Å²) in [5.74, 6) is 0.751. The second-order valence-electron chi connectivity index (χ2n) is 3.09. The van der Waals surface area contributed by atoms with E-state index in [1.54, 1.807) is 7.11 Å². The molecule has 1 atom stereocenters. The Morgan fingerprint density at radius 1 is 1.47 bits per heavy atom. The van der Waals surface area contributed by atoms with Crippen LogP contribution in [-0.2, 0) is 4.79 Å². The largest absolute Gasteiger partial charge is 0.497 e. The fourth-order valence-corrected chi connectivity index (χ4v) is 1.19. The number of anilines is 1. The molecule has 4 heteroatoms. The van der Waals surface area contributed by atoms with Crippen LogP contribution in [0.1, 0.15) is 13.3 Å². The minimum atomic E-state index is -0.139. The highest BCUT2D eigenvalue weighted by Crippen LogP contribution is 2.16. The van der Waals surface area contributed by atoms with Gasteiger partial charge in [-0.3, -0.25) is 4.79 Å². The van der Waals surface area contributed by atoms with Gasteiger partial charge in [-0.15, -0.1) is 0 Å². The van der Waals surface area contributed by atoms with Crippen LogP contribution in [0.2, 0.25) is 0 Å². The summed E-state index contributed by atoms with van der Waals surface area (Å²) in [6, 6.07) is 7.24. The number of amides is 1. The number of hydrogen-bond donors (Lipinski definition) is 1. The standard InChI is InChI=1S/C11H14BrNO2/c1-3-10(12)11(14)13-8-4-6-9(15-2)7-5-8/h4-7,10H,3H2,1-2H3,(H,13,14)/t10-/m0/s1. The molecule has 0 aromatic heterocycles. The number of carbonyl (C=O) groups excluding carboxylic acids is 1. The van der Waals surface area contributed by atoms with Crippen LogP contribution in [0.25, 0.3) is 0 Å². The van der Waals surface area contributed by atoms with Gasteiger partial charge in [0.05, 0.1) is 11.9 Å². The van der Waals surface area contributed by atoms with Crippen molar-refractivity contribution in [1.29, 1.82) is 0 Å². The van der Waals surface area contributed by atoms with Gasteiger partial charge in [0.15, 0.2) is 0 Å². The maximum absolute atomic E-state index is 11.5. The Morgan fingerprint density at radius 2 is 2.07 bits per heavy atom. The fourth-order valence-electron chi connectivity index (χ4n) is 1.08.